The van der Waals surface area contributed by atoms with Crippen LogP contribution in [0.4, 0.5) is 18.4 Å². The molecular formula is C32H34BrF2O10P. The zero-order chi connectivity index (χ0) is 34.2. The van der Waals surface area contributed by atoms with Gasteiger partial charge in [0.05, 0.1) is 18.1 Å². The Kier molecular flexibility index (Phi) is 12.6. The fourth-order valence-electron chi connectivity index (χ4n) is 4.50. The van der Waals surface area contributed by atoms with E-state index >= 15 is 8.78 Å². The molecule has 248 valence electrons. The first-order valence-electron chi connectivity index (χ1n) is 14.1. The molecule has 0 aromatic heterocycles. The minimum absolute atomic E-state index is 0.135. The summed E-state index contributed by atoms with van der Waals surface area (Å²) in [6, 6.07) is 17.7. The second-order valence-corrected chi connectivity index (χ2v) is 13.2. The Morgan fingerprint density at radius 2 is 1.33 bits per heavy atom. The van der Waals surface area contributed by atoms with Crippen LogP contribution in [0.5, 0.6) is 0 Å². The minimum atomic E-state index is -6.10. The first-order valence-corrected chi connectivity index (χ1v) is 16.5. The number of ether oxygens (including phenoxy) is 4. The van der Waals surface area contributed by atoms with Crippen molar-refractivity contribution in [3.8, 4) is 0 Å². The molecule has 0 amide bonds. The Morgan fingerprint density at radius 3 is 1.83 bits per heavy atom. The van der Waals surface area contributed by atoms with Gasteiger partial charge in [-0.15, -0.1) is 0 Å². The van der Waals surface area contributed by atoms with E-state index in [0.717, 1.165) is 6.07 Å². The molecule has 0 saturated carbocycles. The summed E-state index contributed by atoms with van der Waals surface area (Å²) >= 11 is 3.06. The number of rotatable bonds is 13. The van der Waals surface area contributed by atoms with E-state index in [9.17, 15) is 28.7 Å². The average Bonchev–Trinajstić information content (AvgIpc) is 2.98. The Morgan fingerprint density at radius 1 is 0.826 bits per heavy atom. The molecular weight excluding hydrogens is 693 g/mol. The van der Waals surface area contributed by atoms with Crippen LogP contribution in [0, 0.1) is 0 Å². The number of carbonyl (C=O) groups excluding carboxylic acids is 3. The van der Waals surface area contributed by atoms with Gasteiger partial charge in [-0.05, 0) is 72.8 Å². The number of Topliss-reactive ketones (excluding diaryl/α,β-unsaturated/α-hetero) is 1. The molecule has 10 nitrogen and oxygen atoms in total. The van der Waals surface area contributed by atoms with Gasteiger partial charge in [0.2, 0.25) is 0 Å². The molecule has 1 atom stereocenters. The first kappa shape index (κ1) is 36.8. The molecule has 46 heavy (non-hydrogen) atoms. The summed E-state index contributed by atoms with van der Waals surface area (Å²) < 4.78 is 62.6. The number of halogens is 3. The topological polar surface area (TPSA) is 146 Å². The Labute approximate surface area is 273 Å². The summed E-state index contributed by atoms with van der Waals surface area (Å²) in [4.78, 5) is 57.8. The van der Waals surface area contributed by atoms with Crippen LogP contribution < -0.4 is 0 Å². The Hall–Kier alpha value is -3.64. The lowest BCUT2D eigenvalue weighted by atomic mass is 9.82. The maximum Gasteiger partial charge on any atom is 0.508 e. The van der Waals surface area contributed by atoms with Crippen molar-refractivity contribution in [2.45, 2.75) is 71.1 Å². The lowest BCUT2D eigenvalue weighted by Gasteiger charge is -2.26. The van der Waals surface area contributed by atoms with Crippen LogP contribution in [0.3, 0.4) is 0 Å². The predicted molar refractivity (Wildman–Crippen MR) is 167 cm³/mol. The maximum absolute atomic E-state index is 15.3. The van der Waals surface area contributed by atoms with Crippen molar-refractivity contribution in [1.82, 2.24) is 0 Å². The van der Waals surface area contributed by atoms with E-state index in [1.54, 1.807) is 88.4 Å². The SMILES string of the molecule is CC(C)OC(=O)OCc1cc(C(F)(F)P(=O)(O)O)c(Br)c(COC(=O)OC(C)C)c1CC(C(=O)c1ccccc1)c1ccccc1. The highest BCUT2D eigenvalue weighted by Gasteiger charge is 2.52. The summed E-state index contributed by atoms with van der Waals surface area (Å²) in [6.45, 7) is 4.86. The Balaban J connectivity index is 2.29. The fourth-order valence-corrected chi connectivity index (χ4v) is 5.86. The normalized spacial score (nSPS) is 12.5. The van der Waals surface area contributed by atoms with E-state index in [1.165, 1.54) is 0 Å². The zero-order valence-corrected chi connectivity index (χ0v) is 27.9. The molecule has 0 aliphatic rings. The van der Waals surface area contributed by atoms with Gasteiger partial charge in [-0.1, -0.05) is 60.7 Å². The number of benzene rings is 3. The van der Waals surface area contributed by atoms with E-state index in [4.69, 9.17) is 18.9 Å². The van der Waals surface area contributed by atoms with Crippen LogP contribution in [0.15, 0.2) is 71.2 Å². The highest BCUT2D eigenvalue weighted by Crippen LogP contribution is 2.61. The summed E-state index contributed by atoms with van der Waals surface area (Å²) in [7, 11) is -6.10. The highest BCUT2D eigenvalue weighted by atomic mass is 79.9. The molecule has 0 saturated heterocycles. The van der Waals surface area contributed by atoms with Gasteiger partial charge in [-0.2, -0.15) is 8.78 Å². The van der Waals surface area contributed by atoms with Crippen molar-refractivity contribution in [1.29, 1.82) is 0 Å². The van der Waals surface area contributed by atoms with Crippen LogP contribution in [-0.2, 0) is 48.8 Å². The van der Waals surface area contributed by atoms with E-state index in [1.807, 2.05) is 0 Å². The van der Waals surface area contributed by atoms with Gasteiger partial charge in [-0.3, -0.25) is 9.36 Å². The van der Waals surface area contributed by atoms with Crippen LogP contribution in [0.1, 0.15) is 71.8 Å². The highest BCUT2D eigenvalue weighted by molar-refractivity contribution is 9.10. The van der Waals surface area contributed by atoms with E-state index in [0.29, 0.717) is 11.1 Å². The van der Waals surface area contributed by atoms with Crippen LogP contribution in [0.2, 0.25) is 0 Å². The molecule has 0 radical (unpaired) electrons. The molecule has 0 fully saturated rings. The summed E-state index contributed by atoms with van der Waals surface area (Å²) in [5.74, 6) is -1.25. The van der Waals surface area contributed by atoms with Crippen molar-refractivity contribution >= 4 is 41.6 Å². The van der Waals surface area contributed by atoms with Crippen LogP contribution >= 0.6 is 23.5 Å². The molecule has 3 rings (SSSR count). The third-order valence-electron chi connectivity index (χ3n) is 6.59. The minimum Gasteiger partial charge on any atom is -0.432 e. The Bertz CT molecular complexity index is 1580. The summed E-state index contributed by atoms with van der Waals surface area (Å²) in [5, 5.41) is 0. The molecule has 0 aliphatic heterocycles. The number of alkyl halides is 2. The van der Waals surface area contributed by atoms with Gasteiger partial charge < -0.3 is 28.7 Å². The molecule has 3 aromatic carbocycles. The van der Waals surface area contributed by atoms with Crippen molar-refractivity contribution in [2.75, 3.05) is 0 Å². The number of carbonyl (C=O) groups is 3. The van der Waals surface area contributed by atoms with Gasteiger partial charge >= 0.3 is 25.6 Å². The van der Waals surface area contributed by atoms with E-state index in [-0.39, 0.29) is 28.9 Å². The summed E-state index contributed by atoms with van der Waals surface area (Å²) in [5.41, 5.74) is -5.09. The molecule has 3 aromatic rings. The van der Waals surface area contributed by atoms with Gasteiger partial charge in [0.25, 0.3) is 0 Å². The van der Waals surface area contributed by atoms with Crippen molar-refractivity contribution in [3.63, 3.8) is 0 Å². The lowest BCUT2D eigenvalue weighted by molar-refractivity contribution is 0.0287. The molecule has 0 spiro atoms. The maximum atomic E-state index is 15.3. The summed E-state index contributed by atoms with van der Waals surface area (Å²) in [6.07, 6.45) is -3.62. The quantitative estimate of drug-likeness (QED) is 0.101. The molecule has 0 bridgehead atoms. The third-order valence-corrected chi connectivity index (χ3v) is 8.47. The number of hydrogen-bond acceptors (Lipinski definition) is 8. The second kappa shape index (κ2) is 15.8. The molecule has 0 aliphatic carbocycles. The largest absolute Gasteiger partial charge is 0.508 e. The van der Waals surface area contributed by atoms with Crippen LogP contribution in [-0.4, -0.2) is 40.1 Å². The van der Waals surface area contributed by atoms with Crippen molar-refractivity contribution in [2.24, 2.45) is 0 Å². The van der Waals surface area contributed by atoms with Crippen molar-refractivity contribution in [3.05, 3.63) is 105 Å². The molecule has 1 unspecified atom stereocenters. The molecule has 2 N–H and O–H groups in total. The van der Waals surface area contributed by atoms with Gasteiger partial charge in [0.1, 0.15) is 13.2 Å². The monoisotopic (exact) mass is 726 g/mol. The second-order valence-electron chi connectivity index (χ2n) is 10.7. The lowest BCUT2D eigenvalue weighted by Crippen LogP contribution is -2.22. The van der Waals surface area contributed by atoms with E-state index < -0.39 is 66.9 Å². The van der Waals surface area contributed by atoms with Gasteiger partial charge in [-0.25, -0.2) is 9.59 Å². The number of hydrogen-bond donors (Lipinski definition) is 2. The standard InChI is InChI=1S/C32H34BrF2O10P/c1-19(2)44-30(37)42-17-23-15-27(32(34,35)46(39,40)41)28(33)26(18-43-31(38)45-20(3)4)24(23)16-25(21-11-7-5-8-12-21)29(36)22-13-9-6-10-14-22/h5-15,19-20,25H,16-18H2,1-4H3,(H2,39,40,41). The van der Waals surface area contributed by atoms with Gasteiger partial charge in [0, 0.05) is 21.2 Å². The van der Waals surface area contributed by atoms with Crippen LogP contribution in [0.25, 0.3) is 0 Å². The molecule has 0 heterocycles. The van der Waals surface area contributed by atoms with E-state index in [2.05, 4.69) is 15.9 Å². The smallest absolute Gasteiger partial charge is 0.432 e. The molecule has 14 heteroatoms. The first-order chi connectivity index (χ1) is 21.5. The number of ketones is 1. The fraction of sp³-hybridized carbons (Fsp3) is 0.344. The average molecular weight is 727 g/mol. The van der Waals surface area contributed by atoms with Crippen molar-refractivity contribution < 1.29 is 56.5 Å². The third kappa shape index (κ3) is 9.45. The van der Waals surface area contributed by atoms with Gasteiger partial charge in [0.15, 0.2) is 5.78 Å². The zero-order valence-electron chi connectivity index (χ0n) is 25.4. The predicted octanol–water partition coefficient (Wildman–Crippen LogP) is 8.01.